The van der Waals surface area contributed by atoms with E-state index in [-0.39, 0.29) is 12.5 Å². The fourth-order valence-corrected chi connectivity index (χ4v) is 8.25. The highest BCUT2D eigenvalue weighted by Crippen LogP contribution is 2.18. The number of amides is 1. The van der Waals surface area contributed by atoms with Crippen LogP contribution in [0.25, 0.3) is 0 Å². The molecule has 0 spiro atoms. The maximum absolute atomic E-state index is 12.4. The smallest absolute Gasteiger partial charge is 0.220 e. The van der Waals surface area contributed by atoms with Crippen molar-refractivity contribution in [2.75, 3.05) is 6.61 Å². The monoisotopic (exact) mass is 764 g/mol. The summed E-state index contributed by atoms with van der Waals surface area (Å²) in [7, 11) is 0. The molecule has 0 aliphatic carbocycles. The number of rotatable bonds is 47. The predicted molar refractivity (Wildman–Crippen MR) is 240 cm³/mol. The largest absolute Gasteiger partial charge is 0.394 e. The van der Waals surface area contributed by atoms with Gasteiger partial charge >= 0.3 is 0 Å². The summed E-state index contributed by atoms with van der Waals surface area (Å²) in [5.41, 5.74) is 0. The maximum atomic E-state index is 12.4. The number of unbranched alkanes of at least 4 members (excludes halogenated alkanes) is 40. The van der Waals surface area contributed by atoms with Crippen molar-refractivity contribution >= 4 is 5.91 Å². The van der Waals surface area contributed by atoms with Gasteiger partial charge in [-0.1, -0.05) is 277 Å². The molecular weight excluding hydrogens is 663 g/mol. The molecule has 0 aliphatic heterocycles. The topological polar surface area (TPSA) is 69.6 Å². The van der Waals surface area contributed by atoms with Crippen molar-refractivity contribution in [2.45, 2.75) is 309 Å². The van der Waals surface area contributed by atoms with Crippen LogP contribution in [0.5, 0.6) is 0 Å². The highest BCUT2D eigenvalue weighted by molar-refractivity contribution is 5.76. The lowest BCUT2D eigenvalue weighted by Crippen LogP contribution is -2.45. The molecule has 3 N–H and O–H groups in total. The molecule has 324 valence electrons. The molecule has 0 bridgehead atoms. The van der Waals surface area contributed by atoms with Crippen LogP contribution in [0, 0.1) is 0 Å². The lowest BCUT2D eigenvalue weighted by Gasteiger charge is -2.22. The molecule has 0 rings (SSSR count). The van der Waals surface area contributed by atoms with Gasteiger partial charge in [0.2, 0.25) is 5.91 Å². The Kier molecular flexibility index (Phi) is 46.2. The van der Waals surface area contributed by atoms with Crippen LogP contribution in [-0.4, -0.2) is 34.9 Å². The Bertz CT molecular complexity index is 699. The van der Waals surface area contributed by atoms with E-state index in [1.54, 1.807) is 0 Å². The fraction of sp³-hybridized carbons (Fsp3) is 0.980. The van der Waals surface area contributed by atoms with E-state index >= 15 is 0 Å². The maximum Gasteiger partial charge on any atom is 0.220 e. The quantitative estimate of drug-likeness (QED) is 0.0541. The molecular formula is C50H101NO3. The van der Waals surface area contributed by atoms with Gasteiger partial charge in [0.15, 0.2) is 0 Å². The first-order valence-electron chi connectivity index (χ1n) is 25.2. The molecule has 1 amide bonds. The van der Waals surface area contributed by atoms with Crippen LogP contribution in [0.2, 0.25) is 0 Å². The first kappa shape index (κ1) is 53.4. The average Bonchev–Trinajstić information content (AvgIpc) is 3.18. The van der Waals surface area contributed by atoms with Crippen LogP contribution >= 0.6 is 0 Å². The van der Waals surface area contributed by atoms with Crippen molar-refractivity contribution in [3.63, 3.8) is 0 Å². The van der Waals surface area contributed by atoms with Gasteiger partial charge in [-0.3, -0.25) is 4.79 Å². The van der Waals surface area contributed by atoms with E-state index in [0.29, 0.717) is 12.8 Å². The third kappa shape index (κ3) is 42.5. The van der Waals surface area contributed by atoms with Crippen molar-refractivity contribution in [3.8, 4) is 0 Å². The van der Waals surface area contributed by atoms with Gasteiger partial charge in [-0.05, 0) is 12.8 Å². The zero-order valence-corrected chi connectivity index (χ0v) is 37.3. The molecule has 2 unspecified atom stereocenters. The Morgan fingerprint density at radius 3 is 0.833 bits per heavy atom. The van der Waals surface area contributed by atoms with E-state index in [4.69, 9.17) is 0 Å². The summed E-state index contributed by atoms with van der Waals surface area (Å²) < 4.78 is 0. The number of nitrogens with one attached hydrogen (secondary N) is 1. The van der Waals surface area contributed by atoms with E-state index in [1.165, 1.54) is 244 Å². The summed E-state index contributed by atoms with van der Waals surface area (Å²) in [6.07, 6.45) is 58.0. The summed E-state index contributed by atoms with van der Waals surface area (Å²) in [5.74, 6) is -0.0255. The molecule has 0 saturated carbocycles. The van der Waals surface area contributed by atoms with Crippen LogP contribution in [-0.2, 0) is 4.79 Å². The van der Waals surface area contributed by atoms with Crippen molar-refractivity contribution in [1.29, 1.82) is 0 Å². The second-order valence-corrected chi connectivity index (χ2v) is 17.6. The number of carbonyl (C=O) groups is 1. The number of hydrogen-bond donors (Lipinski definition) is 3. The van der Waals surface area contributed by atoms with E-state index in [1.807, 2.05) is 0 Å². The van der Waals surface area contributed by atoms with E-state index < -0.39 is 12.1 Å². The standard InChI is InChI=1S/C50H101NO3/c1-3-5-7-9-11-13-15-16-17-18-19-20-21-22-23-24-25-26-27-28-29-30-31-32-33-34-36-38-40-42-44-46-50(54)51-48(47-52)49(53)45-43-41-39-37-35-14-12-10-8-6-4-2/h48-49,52-53H,3-47H2,1-2H3,(H,51,54). The lowest BCUT2D eigenvalue weighted by atomic mass is 10.0. The molecule has 0 heterocycles. The molecule has 0 aromatic carbocycles. The van der Waals surface area contributed by atoms with Gasteiger partial charge in [-0.25, -0.2) is 0 Å². The van der Waals surface area contributed by atoms with Crippen LogP contribution in [0.15, 0.2) is 0 Å². The zero-order valence-electron chi connectivity index (χ0n) is 37.3. The lowest BCUT2D eigenvalue weighted by molar-refractivity contribution is -0.123. The van der Waals surface area contributed by atoms with Crippen LogP contribution in [0.3, 0.4) is 0 Å². The Hall–Kier alpha value is -0.610. The van der Waals surface area contributed by atoms with Gasteiger partial charge in [-0.15, -0.1) is 0 Å². The van der Waals surface area contributed by atoms with Crippen molar-refractivity contribution in [3.05, 3.63) is 0 Å². The molecule has 4 heteroatoms. The van der Waals surface area contributed by atoms with E-state index in [2.05, 4.69) is 19.2 Å². The van der Waals surface area contributed by atoms with Gasteiger partial charge < -0.3 is 15.5 Å². The third-order valence-electron chi connectivity index (χ3n) is 12.1. The summed E-state index contributed by atoms with van der Waals surface area (Å²) in [6.45, 7) is 4.38. The van der Waals surface area contributed by atoms with Crippen LogP contribution < -0.4 is 5.32 Å². The van der Waals surface area contributed by atoms with Crippen molar-refractivity contribution in [1.82, 2.24) is 5.32 Å². The first-order valence-corrected chi connectivity index (χ1v) is 25.2. The molecule has 0 saturated heterocycles. The first-order chi connectivity index (χ1) is 26.7. The molecule has 54 heavy (non-hydrogen) atoms. The SMILES string of the molecule is CCCCCCCCCCCCCCCCCCCCCCCCCCCCCCCCCC(=O)NC(CO)C(O)CCCCCCCCCCCCC. The second-order valence-electron chi connectivity index (χ2n) is 17.6. The molecule has 0 aromatic heterocycles. The Morgan fingerprint density at radius 2 is 0.593 bits per heavy atom. The van der Waals surface area contributed by atoms with Gasteiger partial charge in [0.1, 0.15) is 0 Å². The molecule has 0 aromatic rings. The Balaban J connectivity index is 3.34. The van der Waals surface area contributed by atoms with Crippen LogP contribution in [0.1, 0.15) is 296 Å². The summed E-state index contributed by atoms with van der Waals surface area (Å²) in [6, 6.07) is -0.529. The van der Waals surface area contributed by atoms with Gasteiger partial charge in [-0.2, -0.15) is 0 Å². The highest BCUT2D eigenvalue weighted by atomic mass is 16.3. The number of carbonyl (C=O) groups excluding carboxylic acids is 1. The van der Waals surface area contributed by atoms with Crippen molar-refractivity contribution in [2.24, 2.45) is 0 Å². The minimum Gasteiger partial charge on any atom is -0.394 e. The minimum absolute atomic E-state index is 0.0255. The Morgan fingerprint density at radius 1 is 0.370 bits per heavy atom. The summed E-state index contributed by atoms with van der Waals surface area (Å²) in [5, 5.41) is 23.1. The van der Waals surface area contributed by atoms with Gasteiger partial charge in [0, 0.05) is 6.42 Å². The number of hydrogen-bond acceptors (Lipinski definition) is 3. The fourth-order valence-electron chi connectivity index (χ4n) is 8.25. The zero-order chi connectivity index (χ0) is 39.3. The Labute approximate surface area is 340 Å². The second kappa shape index (κ2) is 46.8. The van der Waals surface area contributed by atoms with Crippen molar-refractivity contribution < 1.29 is 15.0 Å². The highest BCUT2D eigenvalue weighted by Gasteiger charge is 2.20. The minimum atomic E-state index is -0.652. The number of aliphatic hydroxyl groups is 2. The van der Waals surface area contributed by atoms with Gasteiger partial charge in [0.05, 0.1) is 18.8 Å². The molecule has 2 atom stereocenters. The summed E-state index contributed by atoms with van der Waals surface area (Å²) in [4.78, 5) is 12.4. The number of aliphatic hydroxyl groups excluding tert-OH is 2. The molecule has 0 aliphatic rings. The third-order valence-corrected chi connectivity index (χ3v) is 12.1. The molecule has 0 fully saturated rings. The predicted octanol–water partition coefficient (Wildman–Crippen LogP) is 16.0. The molecule has 4 nitrogen and oxygen atoms in total. The normalized spacial score (nSPS) is 12.7. The van der Waals surface area contributed by atoms with Crippen LogP contribution in [0.4, 0.5) is 0 Å². The summed E-state index contributed by atoms with van der Waals surface area (Å²) >= 11 is 0. The van der Waals surface area contributed by atoms with Gasteiger partial charge in [0.25, 0.3) is 0 Å². The average molecular weight is 764 g/mol. The molecule has 0 radical (unpaired) electrons. The van der Waals surface area contributed by atoms with E-state index in [0.717, 1.165) is 25.7 Å². The van der Waals surface area contributed by atoms with E-state index in [9.17, 15) is 15.0 Å².